The number of imide groups is 1. The Balaban J connectivity index is 0.777. The van der Waals surface area contributed by atoms with Gasteiger partial charge in [-0.1, -0.05) is 23.7 Å². The van der Waals surface area contributed by atoms with Crippen molar-refractivity contribution in [1.82, 2.24) is 29.5 Å². The third kappa shape index (κ3) is 7.40. The highest BCUT2D eigenvalue weighted by Crippen LogP contribution is 2.46. The van der Waals surface area contributed by atoms with E-state index in [4.69, 9.17) is 26.4 Å². The number of piperidine rings is 2. The minimum absolute atomic E-state index is 0.0908. The molecule has 17 heteroatoms. The molecule has 7 heterocycles. The predicted octanol–water partition coefficient (Wildman–Crippen LogP) is 5.99. The first-order valence-electron chi connectivity index (χ1n) is 21.3. The largest absolute Gasteiger partial charge is 0.480 e. The van der Waals surface area contributed by atoms with E-state index in [1.54, 1.807) is 19.3 Å². The molecule has 4 aliphatic heterocycles. The van der Waals surface area contributed by atoms with Crippen molar-refractivity contribution in [2.45, 2.75) is 56.4 Å². The Kier molecular flexibility index (Phi) is 10.0. The minimum Gasteiger partial charge on any atom is -0.480 e. The molecule has 2 atom stereocenters. The Hall–Kier alpha value is -5.48. The second-order valence-electron chi connectivity index (χ2n) is 17.4. The lowest BCUT2D eigenvalue weighted by atomic mass is 9.92. The highest BCUT2D eigenvalue weighted by atomic mass is 35.5. The first-order chi connectivity index (χ1) is 29.4. The number of ether oxygens (including phenoxy) is 1. The summed E-state index contributed by atoms with van der Waals surface area (Å²) in [5.74, 6) is -2.93. The van der Waals surface area contributed by atoms with Gasteiger partial charge in [-0.15, -0.1) is 0 Å². The average Bonchev–Trinajstić information content (AvgIpc) is 4.05. The Bertz CT molecular complexity index is 2610. The van der Waals surface area contributed by atoms with Crippen LogP contribution in [0.25, 0.3) is 21.8 Å². The van der Waals surface area contributed by atoms with Crippen molar-refractivity contribution in [3.05, 3.63) is 69.7 Å². The number of alkyl halides is 2. The van der Waals surface area contributed by atoms with Gasteiger partial charge in [-0.05, 0) is 68.2 Å². The Morgan fingerprint density at radius 1 is 0.934 bits per heavy atom. The van der Waals surface area contributed by atoms with Gasteiger partial charge in [-0.3, -0.25) is 29.3 Å². The lowest BCUT2D eigenvalue weighted by Crippen LogP contribution is -2.49. The van der Waals surface area contributed by atoms with Crippen LogP contribution < -0.4 is 36.0 Å². The van der Waals surface area contributed by atoms with Gasteiger partial charge in [0.25, 0.3) is 5.56 Å². The number of aromatic nitrogens is 4. The molecule has 1 aliphatic carbocycles. The number of aryl methyl sites for hydroxylation is 2. The van der Waals surface area contributed by atoms with Crippen LogP contribution in [0.15, 0.2) is 53.5 Å². The van der Waals surface area contributed by atoms with Gasteiger partial charge < -0.3 is 29.7 Å². The number of hydrogen-bond acceptors (Lipinski definition) is 11. The molecule has 3 N–H and O–H groups in total. The van der Waals surface area contributed by atoms with E-state index in [0.717, 1.165) is 86.8 Å². The van der Waals surface area contributed by atoms with Gasteiger partial charge in [0.05, 0.1) is 57.0 Å². The first kappa shape index (κ1) is 39.6. The summed E-state index contributed by atoms with van der Waals surface area (Å²) in [6, 6.07) is 12.5. The van der Waals surface area contributed by atoms with E-state index >= 15 is 8.78 Å². The number of benzene rings is 2. The van der Waals surface area contributed by atoms with Crippen LogP contribution in [0.3, 0.4) is 0 Å². The lowest BCUT2D eigenvalue weighted by molar-refractivity contribution is -0.134. The van der Waals surface area contributed by atoms with Gasteiger partial charge >= 0.3 is 5.92 Å². The average molecular weight is 855 g/mol. The fourth-order valence-corrected chi connectivity index (χ4v) is 9.98. The van der Waals surface area contributed by atoms with Crippen LogP contribution in [0.5, 0.6) is 5.75 Å². The topological polar surface area (TPSA) is 142 Å². The van der Waals surface area contributed by atoms with Crippen LogP contribution in [-0.4, -0.2) is 100 Å². The fourth-order valence-electron chi connectivity index (χ4n) is 9.83. The Morgan fingerprint density at radius 2 is 1.72 bits per heavy atom. The van der Waals surface area contributed by atoms with Crippen molar-refractivity contribution in [2.75, 3.05) is 72.9 Å². The molecule has 1 unspecified atom stereocenters. The van der Waals surface area contributed by atoms with Gasteiger partial charge in [0.1, 0.15) is 5.82 Å². The lowest BCUT2D eigenvalue weighted by Gasteiger charge is -2.40. The van der Waals surface area contributed by atoms with E-state index in [-0.39, 0.29) is 23.5 Å². The highest BCUT2D eigenvalue weighted by Gasteiger charge is 2.51. The molecular formula is C44H49ClF2N10O4. The molecule has 4 fully saturated rings. The van der Waals surface area contributed by atoms with Crippen LogP contribution in [0.2, 0.25) is 5.02 Å². The maximum Gasteiger partial charge on any atom is 0.301 e. The molecule has 3 saturated heterocycles. The number of nitrogens with zero attached hydrogens (tertiary/aromatic N) is 7. The number of rotatable bonds is 8. The zero-order valence-corrected chi connectivity index (χ0v) is 35.0. The molecular weight excluding hydrogens is 806 g/mol. The second kappa shape index (κ2) is 15.5. The number of pyridine rings is 2. The number of piperazine rings is 1. The molecule has 5 aromatic rings. The van der Waals surface area contributed by atoms with E-state index in [2.05, 4.69) is 36.7 Å². The molecule has 14 nitrogen and oxygen atoms in total. The monoisotopic (exact) mass is 854 g/mol. The first-order valence-corrected chi connectivity index (χ1v) is 21.7. The van der Waals surface area contributed by atoms with Gasteiger partial charge in [0, 0.05) is 88.9 Å². The molecule has 10 rings (SSSR count). The summed E-state index contributed by atoms with van der Waals surface area (Å²) in [4.78, 5) is 49.7. The number of carbonyl (C=O) groups is 2. The van der Waals surface area contributed by atoms with Gasteiger partial charge in [0.2, 0.25) is 17.6 Å². The molecule has 0 spiro atoms. The molecule has 0 bridgehead atoms. The summed E-state index contributed by atoms with van der Waals surface area (Å²) in [5, 5.41) is 15.8. The minimum atomic E-state index is -3.12. The summed E-state index contributed by atoms with van der Waals surface area (Å²) < 4.78 is 39.2. The number of para-hydroxylation sites is 1. The van der Waals surface area contributed by atoms with Gasteiger partial charge in [-0.25, -0.2) is 13.8 Å². The van der Waals surface area contributed by atoms with Crippen LogP contribution in [0.1, 0.15) is 50.1 Å². The molecule has 1 saturated carbocycles. The van der Waals surface area contributed by atoms with Crippen LogP contribution in [-0.2, 0) is 23.7 Å². The Labute approximate surface area is 356 Å². The van der Waals surface area contributed by atoms with Gasteiger partial charge in [0.15, 0.2) is 6.61 Å². The molecule has 2 aromatic carbocycles. The third-order valence-corrected chi connectivity index (χ3v) is 13.6. The van der Waals surface area contributed by atoms with E-state index in [1.165, 1.54) is 4.57 Å². The SMILES string of the molecule is Cn1nc(C2CCC(=O)NC2=O)c2cccc(N3CCN(CC4CCN(c5cc(Nc6ccc7c(c6)c6c(c(=O)n7C)OCC(F)(F)[C@H](C7CC7)N6)c(Cl)cn5)CC4)CC3)c21. The van der Waals surface area contributed by atoms with Crippen LogP contribution >= 0.6 is 11.6 Å². The van der Waals surface area contributed by atoms with Crippen molar-refractivity contribution in [3.8, 4) is 5.75 Å². The number of nitrogens with one attached hydrogen (secondary N) is 3. The second-order valence-corrected chi connectivity index (χ2v) is 17.8. The zero-order chi connectivity index (χ0) is 42.2. The van der Waals surface area contributed by atoms with Crippen molar-refractivity contribution in [3.63, 3.8) is 0 Å². The normalized spacial score (nSPS) is 22.4. The molecule has 320 valence electrons. The Morgan fingerprint density at radius 3 is 2.48 bits per heavy atom. The van der Waals surface area contributed by atoms with E-state index in [1.807, 2.05) is 42.1 Å². The van der Waals surface area contributed by atoms with E-state index < -0.39 is 30.0 Å². The maximum absolute atomic E-state index is 15.2. The van der Waals surface area contributed by atoms with Crippen LogP contribution in [0, 0.1) is 11.8 Å². The summed E-state index contributed by atoms with van der Waals surface area (Å²) >= 11 is 6.70. The van der Waals surface area contributed by atoms with Gasteiger partial charge in [-0.2, -0.15) is 5.10 Å². The summed E-state index contributed by atoms with van der Waals surface area (Å²) in [6.07, 6.45) is 5.94. The van der Waals surface area contributed by atoms with Crippen LogP contribution in [0.4, 0.5) is 37.3 Å². The number of amides is 2. The van der Waals surface area contributed by atoms with Crippen molar-refractivity contribution in [1.29, 1.82) is 0 Å². The van der Waals surface area contributed by atoms with Crippen molar-refractivity contribution >= 4 is 73.8 Å². The fraction of sp³-hybridized carbons (Fsp3) is 0.477. The standard InChI is InChI=1S/C44H49ClF2N10O4/c1-53-33-10-8-27(20-30(33)38-40(43(53)60)61-24-44(46,47)41(51-38)26-6-7-26)49-32-21-35(48-22-31(32)45)57-14-12-25(13-15-57)23-55-16-18-56(19-17-55)34-5-3-4-28-37(52-54(2)39(28)34)29-9-11-36(58)50-42(29)59/h3-5,8,10,20-22,25-26,29,41,51H,6-7,9,11-19,23-24H2,1-2H3,(H,48,49)(H,50,58,59)/t29?,41-/m0/s1. The molecule has 0 radical (unpaired) electrons. The van der Waals surface area contributed by atoms with Crippen molar-refractivity contribution < 1.29 is 23.1 Å². The number of anilines is 5. The maximum atomic E-state index is 15.2. The van der Waals surface area contributed by atoms with E-state index in [9.17, 15) is 14.4 Å². The highest BCUT2D eigenvalue weighted by molar-refractivity contribution is 6.33. The zero-order valence-electron chi connectivity index (χ0n) is 34.2. The summed E-state index contributed by atoms with van der Waals surface area (Å²) in [6.45, 7) is 5.60. The summed E-state index contributed by atoms with van der Waals surface area (Å²) in [7, 11) is 3.54. The third-order valence-electron chi connectivity index (χ3n) is 13.3. The predicted molar refractivity (Wildman–Crippen MR) is 232 cm³/mol. The quantitative estimate of drug-likeness (QED) is 0.159. The molecule has 5 aliphatic rings. The number of carbonyl (C=O) groups excluding carboxylic acids is 2. The number of hydrogen-bond donors (Lipinski definition) is 3. The number of fused-ring (bicyclic) bond motifs is 4. The molecule has 61 heavy (non-hydrogen) atoms. The summed E-state index contributed by atoms with van der Waals surface area (Å²) in [5.41, 5.74) is 4.65. The molecule has 3 aromatic heterocycles. The van der Waals surface area contributed by atoms with Crippen molar-refractivity contribution in [2.24, 2.45) is 25.9 Å². The van der Waals surface area contributed by atoms with E-state index in [0.29, 0.717) is 64.6 Å². The molecule has 2 amide bonds. The number of halogens is 3. The smallest absolute Gasteiger partial charge is 0.301 e.